The Morgan fingerprint density at radius 3 is 2.18 bits per heavy atom. The summed E-state index contributed by atoms with van der Waals surface area (Å²) >= 11 is 0. The van der Waals surface area contributed by atoms with Crippen LogP contribution in [-0.2, 0) is 4.79 Å². The predicted molar refractivity (Wildman–Crippen MR) is 133 cm³/mol. The van der Waals surface area contributed by atoms with E-state index in [1.54, 1.807) is 0 Å². The first-order valence-electron chi connectivity index (χ1n) is 14.1. The molecule has 0 aromatic rings. The van der Waals surface area contributed by atoms with Gasteiger partial charge in [0.05, 0.1) is 24.4 Å². The van der Waals surface area contributed by atoms with E-state index in [2.05, 4.69) is 34.6 Å². The van der Waals surface area contributed by atoms with E-state index in [4.69, 9.17) is 0 Å². The summed E-state index contributed by atoms with van der Waals surface area (Å²) in [5, 5.41) is 43.1. The van der Waals surface area contributed by atoms with Crippen LogP contribution in [-0.4, -0.2) is 50.6 Å². The molecule has 4 rings (SSSR count). The second-order valence-electron chi connectivity index (χ2n) is 13.7. The predicted octanol–water partition coefficient (Wildman–Crippen LogP) is 4.20. The third-order valence-electron chi connectivity index (χ3n) is 11.7. The maximum absolute atomic E-state index is 13.6. The zero-order valence-corrected chi connectivity index (χ0v) is 22.3. The summed E-state index contributed by atoms with van der Waals surface area (Å²) < 4.78 is 0. The molecule has 4 aliphatic rings. The lowest BCUT2D eigenvalue weighted by molar-refractivity contribution is -0.222. The van der Waals surface area contributed by atoms with Gasteiger partial charge in [-0.1, -0.05) is 41.0 Å². The molecule has 34 heavy (non-hydrogen) atoms. The molecule has 5 nitrogen and oxygen atoms in total. The van der Waals surface area contributed by atoms with E-state index in [0.717, 1.165) is 38.5 Å². The van der Waals surface area contributed by atoms with Crippen molar-refractivity contribution in [3.63, 3.8) is 0 Å². The fraction of sp³-hybridized carbons (Fsp3) is 0.966. The van der Waals surface area contributed by atoms with E-state index in [9.17, 15) is 25.2 Å². The number of rotatable bonds is 6. The summed E-state index contributed by atoms with van der Waals surface area (Å²) in [6.45, 7) is 13.1. The van der Waals surface area contributed by atoms with Crippen LogP contribution in [0.3, 0.4) is 0 Å². The molecule has 4 saturated carbocycles. The first kappa shape index (κ1) is 26.6. The van der Waals surface area contributed by atoms with Crippen LogP contribution < -0.4 is 0 Å². The summed E-state index contributed by atoms with van der Waals surface area (Å²) in [4.78, 5) is 13.6. The molecule has 0 aromatic heterocycles. The highest BCUT2D eigenvalue weighted by Crippen LogP contribution is 2.67. The molecular formula is C29H50O5. The van der Waals surface area contributed by atoms with E-state index in [0.29, 0.717) is 24.7 Å². The normalized spacial score (nSPS) is 49.2. The van der Waals surface area contributed by atoms with Crippen LogP contribution in [0.15, 0.2) is 0 Å². The van der Waals surface area contributed by atoms with Crippen molar-refractivity contribution in [2.45, 2.75) is 117 Å². The van der Waals surface area contributed by atoms with Gasteiger partial charge in [0.25, 0.3) is 0 Å². The monoisotopic (exact) mass is 478 g/mol. The zero-order valence-electron chi connectivity index (χ0n) is 22.3. The first-order valence-corrected chi connectivity index (χ1v) is 14.1. The minimum Gasteiger partial charge on any atom is -0.393 e. The highest BCUT2D eigenvalue weighted by molar-refractivity contribution is 5.85. The second kappa shape index (κ2) is 9.43. The number of hydrogen-bond donors (Lipinski definition) is 4. The maximum Gasteiger partial charge on any atom is 0.137 e. The van der Waals surface area contributed by atoms with Gasteiger partial charge >= 0.3 is 0 Å². The molecule has 13 atom stereocenters. The Labute approximate surface area is 206 Å². The van der Waals surface area contributed by atoms with Crippen LogP contribution in [0.5, 0.6) is 0 Å². The Bertz CT molecular complexity index is 743. The summed E-state index contributed by atoms with van der Waals surface area (Å²) in [5.41, 5.74) is -0.274. The summed E-state index contributed by atoms with van der Waals surface area (Å²) in [6.07, 6.45) is 4.21. The fourth-order valence-electron chi connectivity index (χ4n) is 9.70. The second-order valence-corrected chi connectivity index (χ2v) is 13.7. The molecule has 6 unspecified atom stereocenters. The third-order valence-corrected chi connectivity index (χ3v) is 11.7. The Kier molecular flexibility index (Phi) is 7.37. The Balaban J connectivity index is 1.57. The van der Waals surface area contributed by atoms with Crippen molar-refractivity contribution in [2.75, 3.05) is 0 Å². The minimum absolute atomic E-state index is 0.100. The number of carbonyl (C=O) groups excluding carboxylic acids is 1. The van der Waals surface area contributed by atoms with Crippen LogP contribution in [0, 0.1) is 58.2 Å². The van der Waals surface area contributed by atoms with Crippen molar-refractivity contribution in [1.29, 1.82) is 0 Å². The van der Waals surface area contributed by atoms with E-state index in [-0.39, 0.29) is 58.2 Å². The average molecular weight is 479 g/mol. The Morgan fingerprint density at radius 2 is 1.56 bits per heavy atom. The van der Waals surface area contributed by atoms with Gasteiger partial charge in [0.1, 0.15) is 5.78 Å². The number of aliphatic hydroxyl groups excluding tert-OH is 4. The molecule has 0 radical (unpaired) electrons. The van der Waals surface area contributed by atoms with E-state index >= 15 is 0 Å². The number of Topliss-reactive ketones (excluding diaryl/α,β-unsaturated/α-hetero) is 1. The highest BCUT2D eigenvalue weighted by Gasteiger charge is 2.67. The smallest absolute Gasteiger partial charge is 0.137 e. The number of fused-ring (bicyclic) bond motifs is 5. The van der Waals surface area contributed by atoms with Gasteiger partial charge in [-0.25, -0.2) is 0 Å². The molecule has 4 aliphatic carbocycles. The number of ketones is 1. The van der Waals surface area contributed by atoms with Gasteiger partial charge in [0.2, 0.25) is 0 Å². The lowest BCUT2D eigenvalue weighted by Crippen LogP contribution is -2.64. The van der Waals surface area contributed by atoms with Gasteiger partial charge < -0.3 is 20.4 Å². The van der Waals surface area contributed by atoms with E-state index < -0.39 is 18.3 Å². The summed E-state index contributed by atoms with van der Waals surface area (Å²) in [5.74, 6) is 1.41. The van der Waals surface area contributed by atoms with Crippen molar-refractivity contribution in [2.24, 2.45) is 58.2 Å². The number of aliphatic hydroxyl groups is 4. The highest BCUT2D eigenvalue weighted by atomic mass is 16.3. The quantitative estimate of drug-likeness (QED) is 0.459. The van der Waals surface area contributed by atoms with Gasteiger partial charge in [0, 0.05) is 18.3 Å². The summed E-state index contributed by atoms with van der Waals surface area (Å²) in [6, 6.07) is 0. The van der Waals surface area contributed by atoms with Crippen LogP contribution in [0.4, 0.5) is 0 Å². The molecule has 5 heteroatoms. The number of carbonyl (C=O) groups is 1. The molecule has 4 fully saturated rings. The average Bonchev–Trinajstić information content (AvgIpc) is 3.03. The molecule has 0 bridgehead atoms. The van der Waals surface area contributed by atoms with Crippen LogP contribution in [0.25, 0.3) is 0 Å². The molecule has 0 amide bonds. The van der Waals surface area contributed by atoms with Crippen molar-refractivity contribution < 1.29 is 25.2 Å². The Morgan fingerprint density at radius 1 is 0.912 bits per heavy atom. The van der Waals surface area contributed by atoms with Crippen molar-refractivity contribution in [3.8, 4) is 0 Å². The lowest BCUT2D eigenvalue weighted by Gasteiger charge is -2.63. The fourth-order valence-corrected chi connectivity index (χ4v) is 9.70. The third kappa shape index (κ3) is 4.11. The molecular weight excluding hydrogens is 428 g/mol. The topological polar surface area (TPSA) is 98.0 Å². The lowest BCUT2D eigenvalue weighted by atomic mass is 9.43. The van der Waals surface area contributed by atoms with Crippen LogP contribution >= 0.6 is 0 Å². The van der Waals surface area contributed by atoms with Crippen molar-refractivity contribution in [1.82, 2.24) is 0 Å². The first-order chi connectivity index (χ1) is 15.8. The molecule has 0 heterocycles. The molecule has 0 saturated heterocycles. The van der Waals surface area contributed by atoms with E-state index in [1.807, 2.05) is 6.92 Å². The van der Waals surface area contributed by atoms with E-state index in [1.165, 1.54) is 0 Å². The molecule has 4 N–H and O–H groups in total. The zero-order chi connectivity index (χ0) is 25.2. The van der Waals surface area contributed by atoms with Gasteiger partial charge in [-0.3, -0.25) is 4.79 Å². The summed E-state index contributed by atoms with van der Waals surface area (Å²) in [7, 11) is 0. The number of hydrogen-bond acceptors (Lipinski definition) is 5. The van der Waals surface area contributed by atoms with Crippen LogP contribution in [0.2, 0.25) is 0 Å². The molecule has 0 aromatic carbocycles. The molecule has 196 valence electrons. The maximum atomic E-state index is 13.6. The Hall–Kier alpha value is -0.490. The van der Waals surface area contributed by atoms with Crippen molar-refractivity contribution >= 4 is 5.78 Å². The largest absolute Gasteiger partial charge is 0.393 e. The SMILES string of the molecule is CC(C)C(CC[C@@H](C)[C@H]1CC(=O)C2C3C(CC[C@@]21C)[C@@]1(C)CC[C@H](O)CC1[C@@H](O)[C@@H]3O)C(C)O. The van der Waals surface area contributed by atoms with Gasteiger partial charge in [-0.15, -0.1) is 0 Å². The van der Waals surface area contributed by atoms with Gasteiger partial charge in [-0.05, 0) is 91.8 Å². The minimum atomic E-state index is -0.892. The van der Waals surface area contributed by atoms with Crippen molar-refractivity contribution in [3.05, 3.63) is 0 Å². The molecule has 0 aliphatic heterocycles. The standard InChI is InChI=1S/C29H50O5/c1-15(2)19(17(4)30)8-7-16(3)21-14-23(32)25-24-20(10-12-29(21,25)6)28(5)11-9-18(31)13-22(28)26(33)27(24)34/h15-22,24-27,30-31,33-34H,7-14H2,1-6H3/t16-,17?,18+,19?,20?,21-,22?,24?,25?,26-,27-,28-,29-/m1/s1. The molecule has 0 spiro atoms. The van der Waals surface area contributed by atoms with Gasteiger partial charge in [0.15, 0.2) is 0 Å². The van der Waals surface area contributed by atoms with Crippen LogP contribution in [0.1, 0.15) is 92.9 Å². The van der Waals surface area contributed by atoms with Gasteiger partial charge in [-0.2, -0.15) is 0 Å².